The molecule has 0 aromatic rings. The number of hydrogen-bond acceptors (Lipinski definition) is 3. The van der Waals surface area contributed by atoms with Crippen molar-refractivity contribution in [3.8, 4) is 0 Å². The summed E-state index contributed by atoms with van der Waals surface area (Å²) in [5, 5.41) is 3.69. The van der Waals surface area contributed by atoms with E-state index in [-0.39, 0.29) is 0 Å². The first-order valence-electron chi connectivity index (χ1n) is 7.60. The van der Waals surface area contributed by atoms with E-state index in [0.29, 0.717) is 0 Å². The Labute approximate surface area is 106 Å². The highest BCUT2D eigenvalue weighted by Gasteiger charge is 2.33. The van der Waals surface area contributed by atoms with Crippen molar-refractivity contribution in [1.82, 2.24) is 15.1 Å². The van der Waals surface area contributed by atoms with Gasteiger partial charge in [-0.1, -0.05) is 6.42 Å². The van der Waals surface area contributed by atoms with Gasteiger partial charge in [0.2, 0.25) is 0 Å². The summed E-state index contributed by atoms with van der Waals surface area (Å²) in [6, 6.07) is 0.810. The summed E-state index contributed by atoms with van der Waals surface area (Å²) >= 11 is 0. The predicted octanol–water partition coefficient (Wildman–Crippen LogP) is 1.16. The second-order valence-corrected chi connectivity index (χ2v) is 6.12. The zero-order valence-electron chi connectivity index (χ0n) is 11.0. The van der Waals surface area contributed by atoms with Crippen LogP contribution in [0.2, 0.25) is 0 Å². The number of piperidine rings is 2. The molecule has 0 radical (unpaired) electrons. The number of fused-ring (bicyclic) bond motifs is 1. The van der Waals surface area contributed by atoms with Gasteiger partial charge in [-0.05, 0) is 51.2 Å². The Morgan fingerprint density at radius 2 is 1.71 bits per heavy atom. The van der Waals surface area contributed by atoms with Crippen LogP contribution in [0.15, 0.2) is 0 Å². The molecule has 3 aliphatic rings. The summed E-state index contributed by atoms with van der Waals surface area (Å²) in [6.45, 7) is 9.21. The normalized spacial score (nSPS) is 36.0. The third-order valence-electron chi connectivity index (χ3n) is 4.86. The van der Waals surface area contributed by atoms with Gasteiger partial charge in [0.15, 0.2) is 0 Å². The molecule has 3 aliphatic heterocycles. The second kappa shape index (κ2) is 5.68. The van der Waals surface area contributed by atoms with Crippen LogP contribution in [0, 0.1) is 5.92 Å². The van der Waals surface area contributed by atoms with E-state index in [1.165, 1.54) is 77.9 Å². The predicted molar refractivity (Wildman–Crippen MR) is 71.2 cm³/mol. The molecule has 0 bridgehead atoms. The van der Waals surface area contributed by atoms with Crippen molar-refractivity contribution in [2.45, 2.75) is 38.1 Å². The van der Waals surface area contributed by atoms with E-state index in [9.17, 15) is 0 Å². The average molecular weight is 237 g/mol. The van der Waals surface area contributed by atoms with Gasteiger partial charge in [-0.2, -0.15) is 0 Å². The summed E-state index contributed by atoms with van der Waals surface area (Å²) < 4.78 is 0. The molecule has 0 aliphatic carbocycles. The maximum atomic E-state index is 3.69. The van der Waals surface area contributed by atoms with Gasteiger partial charge in [-0.15, -0.1) is 0 Å². The minimum Gasteiger partial charge on any atom is -0.312 e. The lowest BCUT2D eigenvalue weighted by atomic mass is 9.94. The van der Waals surface area contributed by atoms with Crippen LogP contribution in [-0.4, -0.2) is 61.7 Å². The van der Waals surface area contributed by atoms with E-state index in [1.54, 1.807) is 0 Å². The number of nitrogens with zero attached hydrogens (tertiary/aromatic N) is 2. The Balaban J connectivity index is 1.40. The molecule has 3 saturated heterocycles. The van der Waals surface area contributed by atoms with Gasteiger partial charge in [0.25, 0.3) is 0 Å². The van der Waals surface area contributed by atoms with Crippen LogP contribution in [0.5, 0.6) is 0 Å². The van der Waals surface area contributed by atoms with Gasteiger partial charge in [-0.25, -0.2) is 0 Å². The molecule has 1 N–H and O–H groups in total. The minimum absolute atomic E-state index is 0.810. The van der Waals surface area contributed by atoms with E-state index in [2.05, 4.69) is 15.1 Å². The fraction of sp³-hybridized carbons (Fsp3) is 1.00. The first-order valence-corrected chi connectivity index (χ1v) is 7.60. The zero-order valence-corrected chi connectivity index (χ0v) is 11.0. The van der Waals surface area contributed by atoms with Gasteiger partial charge in [-0.3, -0.25) is 0 Å². The monoisotopic (exact) mass is 237 g/mol. The van der Waals surface area contributed by atoms with Gasteiger partial charge < -0.3 is 15.1 Å². The topological polar surface area (TPSA) is 18.5 Å². The van der Waals surface area contributed by atoms with Crippen LogP contribution in [-0.2, 0) is 0 Å². The minimum atomic E-state index is 0.810. The Kier molecular flexibility index (Phi) is 3.99. The van der Waals surface area contributed by atoms with Gasteiger partial charge in [0, 0.05) is 32.2 Å². The third-order valence-corrected chi connectivity index (χ3v) is 4.86. The fourth-order valence-electron chi connectivity index (χ4n) is 3.78. The van der Waals surface area contributed by atoms with Gasteiger partial charge >= 0.3 is 0 Å². The first kappa shape index (κ1) is 11.9. The molecule has 3 rings (SSSR count). The van der Waals surface area contributed by atoms with Crippen LogP contribution >= 0.6 is 0 Å². The van der Waals surface area contributed by atoms with Crippen molar-refractivity contribution in [3.05, 3.63) is 0 Å². The highest BCUT2D eigenvalue weighted by Crippen LogP contribution is 2.24. The quantitative estimate of drug-likeness (QED) is 0.794. The van der Waals surface area contributed by atoms with Crippen molar-refractivity contribution < 1.29 is 0 Å². The molecule has 2 atom stereocenters. The number of likely N-dealkylation sites (tertiary alicyclic amines) is 2. The molecule has 0 aromatic carbocycles. The van der Waals surface area contributed by atoms with Crippen LogP contribution in [0.1, 0.15) is 32.1 Å². The van der Waals surface area contributed by atoms with E-state index < -0.39 is 0 Å². The van der Waals surface area contributed by atoms with Crippen LogP contribution < -0.4 is 5.32 Å². The molecule has 0 saturated carbocycles. The lowest BCUT2D eigenvalue weighted by Crippen LogP contribution is -2.41. The molecule has 3 nitrogen and oxygen atoms in total. The summed E-state index contributed by atoms with van der Waals surface area (Å²) in [6.07, 6.45) is 7.15. The molecule has 3 fully saturated rings. The zero-order chi connectivity index (χ0) is 11.5. The average Bonchev–Trinajstić information content (AvgIpc) is 2.80. The van der Waals surface area contributed by atoms with Crippen molar-refractivity contribution >= 4 is 0 Å². The Morgan fingerprint density at radius 1 is 0.882 bits per heavy atom. The maximum absolute atomic E-state index is 3.69. The van der Waals surface area contributed by atoms with Crippen molar-refractivity contribution in [2.24, 2.45) is 5.92 Å². The standard InChI is InChI=1S/C14H27N3/c1-2-7-16(8-3-1)9-10-17-11-13-5-4-6-15-14(13)12-17/h13-15H,1-12H2/t13-,14+/m0/s1. The molecule has 0 amide bonds. The molecule has 3 heterocycles. The highest BCUT2D eigenvalue weighted by molar-refractivity contribution is 4.91. The van der Waals surface area contributed by atoms with E-state index in [4.69, 9.17) is 0 Å². The SMILES string of the molecule is C1CCN(CCN2C[C@@H]3CCCN[C@@H]3C2)CC1. The molecule has 0 unspecified atom stereocenters. The van der Waals surface area contributed by atoms with Gasteiger partial charge in [0.05, 0.1) is 0 Å². The number of nitrogens with one attached hydrogen (secondary N) is 1. The Hall–Kier alpha value is -0.120. The summed E-state index contributed by atoms with van der Waals surface area (Å²) in [5.41, 5.74) is 0. The summed E-state index contributed by atoms with van der Waals surface area (Å²) in [7, 11) is 0. The molecule has 17 heavy (non-hydrogen) atoms. The molecular weight excluding hydrogens is 210 g/mol. The largest absolute Gasteiger partial charge is 0.312 e. The molecule has 0 aromatic heterocycles. The third kappa shape index (κ3) is 3.01. The molecule has 98 valence electrons. The first-order chi connectivity index (χ1) is 8.42. The lowest BCUT2D eigenvalue weighted by Gasteiger charge is -2.28. The Morgan fingerprint density at radius 3 is 2.53 bits per heavy atom. The molecule has 3 heteroatoms. The number of hydrogen-bond donors (Lipinski definition) is 1. The van der Waals surface area contributed by atoms with Crippen LogP contribution in [0.3, 0.4) is 0 Å². The Bertz CT molecular complexity index is 224. The summed E-state index contributed by atoms with van der Waals surface area (Å²) in [5.74, 6) is 0.949. The molecular formula is C14H27N3. The maximum Gasteiger partial charge on any atom is 0.0235 e. The van der Waals surface area contributed by atoms with E-state index in [0.717, 1.165) is 12.0 Å². The fourth-order valence-corrected chi connectivity index (χ4v) is 3.78. The summed E-state index contributed by atoms with van der Waals surface area (Å²) in [4.78, 5) is 5.36. The van der Waals surface area contributed by atoms with Crippen molar-refractivity contribution in [2.75, 3.05) is 45.8 Å². The van der Waals surface area contributed by atoms with Gasteiger partial charge in [0.1, 0.15) is 0 Å². The smallest absolute Gasteiger partial charge is 0.0235 e. The number of rotatable bonds is 3. The van der Waals surface area contributed by atoms with E-state index >= 15 is 0 Å². The highest BCUT2D eigenvalue weighted by atomic mass is 15.2. The van der Waals surface area contributed by atoms with Crippen molar-refractivity contribution in [3.63, 3.8) is 0 Å². The lowest BCUT2D eigenvalue weighted by molar-refractivity contribution is 0.193. The van der Waals surface area contributed by atoms with Crippen LogP contribution in [0.25, 0.3) is 0 Å². The van der Waals surface area contributed by atoms with Crippen LogP contribution in [0.4, 0.5) is 0 Å². The van der Waals surface area contributed by atoms with E-state index in [1.807, 2.05) is 0 Å². The van der Waals surface area contributed by atoms with Crippen molar-refractivity contribution in [1.29, 1.82) is 0 Å². The second-order valence-electron chi connectivity index (χ2n) is 6.12. The molecule has 0 spiro atoms.